The highest BCUT2D eigenvalue weighted by Crippen LogP contribution is 2.38. The van der Waals surface area contributed by atoms with Crippen LogP contribution in [0.2, 0.25) is 0 Å². The van der Waals surface area contributed by atoms with Crippen molar-refractivity contribution in [2.75, 3.05) is 38.2 Å². The second kappa shape index (κ2) is 7.61. The summed E-state index contributed by atoms with van der Waals surface area (Å²) in [6, 6.07) is 7.99. The zero-order valence-electron chi connectivity index (χ0n) is 15.8. The molecule has 0 spiro atoms. The quantitative estimate of drug-likeness (QED) is 0.762. The molecule has 1 aromatic heterocycles. The number of allylic oxidation sites excluding steroid dienone is 1. The number of hydroxylamine groups is 2. The van der Waals surface area contributed by atoms with Crippen LogP contribution in [0.1, 0.15) is 5.56 Å². The minimum absolute atomic E-state index is 0.203. The van der Waals surface area contributed by atoms with Gasteiger partial charge in [0.15, 0.2) is 0 Å². The number of benzene rings is 1. The Kier molecular flexibility index (Phi) is 4.81. The van der Waals surface area contributed by atoms with Gasteiger partial charge in [-0.05, 0) is 51.7 Å². The van der Waals surface area contributed by atoms with Gasteiger partial charge in [0, 0.05) is 37.1 Å². The molecule has 3 aliphatic heterocycles. The first-order valence-electron chi connectivity index (χ1n) is 9.58. The molecule has 0 aliphatic carbocycles. The molecule has 1 saturated heterocycles. The minimum atomic E-state index is -0.203. The number of carbonyl (C=O) groups is 1. The molecule has 3 aliphatic rings. The summed E-state index contributed by atoms with van der Waals surface area (Å²) in [4.78, 5) is 15.0. The zero-order chi connectivity index (χ0) is 19.8. The molecule has 5 rings (SSSR count). The van der Waals surface area contributed by atoms with Crippen molar-refractivity contribution in [1.29, 1.82) is 0 Å². The van der Waals surface area contributed by atoms with Gasteiger partial charge in [-0.15, -0.1) is 0 Å². The van der Waals surface area contributed by atoms with Crippen molar-refractivity contribution in [3.05, 3.63) is 70.2 Å². The lowest BCUT2D eigenvalue weighted by Gasteiger charge is -2.28. The third kappa shape index (κ3) is 3.54. The predicted octanol–water partition coefficient (Wildman–Crippen LogP) is 3.56. The van der Waals surface area contributed by atoms with E-state index in [-0.39, 0.29) is 5.91 Å². The van der Waals surface area contributed by atoms with Gasteiger partial charge < -0.3 is 10.1 Å². The van der Waals surface area contributed by atoms with Gasteiger partial charge in [0.2, 0.25) is 0 Å². The van der Waals surface area contributed by atoms with Gasteiger partial charge in [-0.25, -0.2) is 5.06 Å². The van der Waals surface area contributed by atoms with Crippen molar-refractivity contribution < 1.29 is 14.7 Å². The number of fused-ring (bicyclic) bond motifs is 1. The number of hydrogen-bond donors (Lipinski definition) is 2. The summed E-state index contributed by atoms with van der Waals surface area (Å²) in [7, 11) is 0. The van der Waals surface area contributed by atoms with Crippen LogP contribution in [0.3, 0.4) is 0 Å². The Bertz CT molecular complexity index is 1030. The maximum atomic E-state index is 12.7. The van der Waals surface area contributed by atoms with Crippen LogP contribution in [0.25, 0.3) is 16.7 Å². The Morgan fingerprint density at radius 3 is 2.76 bits per heavy atom. The molecule has 29 heavy (non-hydrogen) atoms. The Labute approximate surface area is 173 Å². The minimum Gasteiger partial charge on any atom is -0.379 e. The summed E-state index contributed by atoms with van der Waals surface area (Å²) < 4.78 is 5.39. The molecule has 7 heteroatoms. The van der Waals surface area contributed by atoms with Gasteiger partial charge >= 0.3 is 0 Å². The Balaban J connectivity index is 1.46. The summed E-state index contributed by atoms with van der Waals surface area (Å²) in [5, 5.41) is 18.7. The van der Waals surface area contributed by atoms with E-state index in [9.17, 15) is 10.0 Å². The van der Waals surface area contributed by atoms with Crippen LogP contribution < -0.4 is 5.32 Å². The van der Waals surface area contributed by atoms with E-state index in [1.165, 1.54) is 0 Å². The van der Waals surface area contributed by atoms with Crippen LogP contribution in [-0.2, 0) is 9.53 Å². The molecule has 0 saturated carbocycles. The molecule has 0 atom stereocenters. The van der Waals surface area contributed by atoms with Crippen molar-refractivity contribution in [2.24, 2.45) is 0 Å². The summed E-state index contributed by atoms with van der Waals surface area (Å²) in [6.45, 7) is 3.97. The van der Waals surface area contributed by atoms with Gasteiger partial charge in [0.1, 0.15) is 0 Å². The Morgan fingerprint density at radius 2 is 2.00 bits per heavy atom. The summed E-state index contributed by atoms with van der Waals surface area (Å²) in [5.41, 5.74) is 5.70. The molecule has 148 valence electrons. The fourth-order valence-electron chi connectivity index (χ4n) is 3.87. The third-order valence-electron chi connectivity index (χ3n) is 5.37. The molecule has 4 heterocycles. The number of amides is 1. The van der Waals surface area contributed by atoms with Crippen molar-refractivity contribution in [2.45, 2.75) is 0 Å². The lowest BCUT2D eigenvalue weighted by molar-refractivity contribution is -0.111. The molecule has 6 nitrogen and oxygen atoms in total. The lowest BCUT2D eigenvalue weighted by atomic mass is 9.98. The molecule has 1 aromatic carbocycles. The first kappa shape index (κ1) is 18.3. The van der Waals surface area contributed by atoms with Crippen LogP contribution in [0.15, 0.2) is 64.6 Å². The number of morpholine rings is 1. The molecular formula is C22H21N3O3S. The Morgan fingerprint density at radius 1 is 1.14 bits per heavy atom. The zero-order valence-corrected chi connectivity index (χ0v) is 16.6. The standard InChI is InChI=1S/C22H21N3O3S/c26-22-21(18-11-16(2-3-19(18)23-22)17-5-10-29-14-17)20-4-1-15(13-25(20)27)12-24-6-8-28-9-7-24/h1-5,10-11,13-14,27H,6-9,12H2,(H,23,26). The van der Waals surface area contributed by atoms with Gasteiger partial charge in [-0.1, -0.05) is 12.1 Å². The fourth-order valence-corrected chi connectivity index (χ4v) is 4.54. The average Bonchev–Trinajstić information content (AvgIpc) is 3.36. The van der Waals surface area contributed by atoms with Gasteiger partial charge in [-0.3, -0.25) is 14.9 Å². The van der Waals surface area contributed by atoms with Crippen molar-refractivity contribution in [1.82, 2.24) is 9.96 Å². The molecule has 0 bridgehead atoms. The summed E-state index contributed by atoms with van der Waals surface area (Å²) in [5.74, 6) is -0.203. The van der Waals surface area contributed by atoms with Crippen LogP contribution in [0.4, 0.5) is 5.69 Å². The SMILES string of the molecule is O=C1Nc2ccc(-c3ccsc3)cc2C1=C1C=CC(CN2CCOCC2)=CN1O. The van der Waals surface area contributed by atoms with Crippen molar-refractivity contribution >= 4 is 28.5 Å². The first-order chi connectivity index (χ1) is 14.2. The third-order valence-corrected chi connectivity index (χ3v) is 6.06. The van der Waals surface area contributed by atoms with Crippen LogP contribution in [-0.4, -0.2) is 53.9 Å². The highest BCUT2D eigenvalue weighted by atomic mass is 32.1. The number of nitrogens with one attached hydrogen (secondary N) is 1. The van der Waals surface area contributed by atoms with E-state index in [0.29, 0.717) is 11.3 Å². The van der Waals surface area contributed by atoms with Gasteiger partial charge in [0.05, 0.1) is 24.5 Å². The number of rotatable bonds is 3. The highest BCUT2D eigenvalue weighted by Gasteiger charge is 2.30. The van der Waals surface area contributed by atoms with E-state index in [0.717, 1.165) is 65.9 Å². The number of carbonyl (C=O) groups excluding carboxylic acids is 1. The van der Waals surface area contributed by atoms with E-state index >= 15 is 0 Å². The van der Waals surface area contributed by atoms with Crippen molar-refractivity contribution in [3.63, 3.8) is 0 Å². The number of anilines is 1. The molecule has 1 amide bonds. The summed E-state index contributed by atoms with van der Waals surface area (Å²) >= 11 is 1.64. The van der Waals surface area contributed by atoms with Crippen LogP contribution >= 0.6 is 11.3 Å². The second-order valence-corrected chi connectivity index (χ2v) is 8.04. The number of ether oxygens (including phenoxy) is 1. The molecular weight excluding hydrogens is 386 g/mol. The second-order valence-electron chi connectivity index (χ2n) is 7.26. The molecule has 2 aromatic rings. The maximum absolute atomic E-state index is 12.7. The van der Waals surface area contributed by atoms with E-state index < -0.39 is 0 Å². The topological polar surface area (TPSA) is 65.0 Å². The normalized spacial score (nSPS) is 21.9. The first-order valence-corrected chi connectivity index (χ1v) is 10.5. The number of nitrogens with zero attached hydrogens (tertiary/aromatic N) is 2. The smallest absolute Gasteiger partial charge is 0.258 e. The molecule has 1 fully saturated rings. The van der Waals surface area contributed by atoms with Gasteiger partial charge in [-0.2, -0.15) is 11.3 Å². The number of thiophene rings is 1. The summed E-state index contributed by atoms with van der Waals surface area (Å²) in [6.07, 6.45) is 5.47. The average molecular weight is 407 g/mol. The Hall–Kier alpha value is -2.71. The lowest BCUT2D eigenvalue weighted by Crippen LogP contribution is -2.37. The molecule has 0 radical (unpaired) electrons. The van der Waals surface area contributed by atoms with E-state index in [2.05, 4.69) is 21.7 Å². The molecule has 2 N–H and O–H groups in total. The monoisotopic (exact) mass is 407 g/mol. The van der Waals surface area contributed by atoms with Crippen molar-refractivity contribution in [3.8, 4) is 11.1 Å². The van der Waals surface area contributed by atoms with Gasteiger partial charge in [0.25, 0.3) is 5.91 Å². The van der Waals surface area contributed by atoms with Crippen LogP contribution in [0, 0.1) is 0 Å². The van der Waals surface area contributed by atoms with E-state index in [1.807, 2.05) is 35.7 Å². The van der Waals surface area contributed by atoms with E-state index in [1.54, 1.807) is 17.5 Å². The van der Waals surface area contributed by atoms with E-state index in [4.69, 9.17) is 4.74 Å². The highest BCUT2D eigenvalue weighted by molar-refractivity contribution is 7.08. The maximum Gasteiger partial charge on any atom is 0.258 e. The fraction of sp³-hybridized carbons (Fsp3) is 0.227. The number of hydrogen-bond acceptors (Lipinski definition) is 6. The largest absolute Gasteiger partial charge is 0.379 e. The molecule has 0 unspecified atom stereocenters. The van der Waals surface area contributed by atoms with Crippen LogP contribution in [0.5, 0.6) is 0 Å². The predicted molar refractivity (Wildman–Crippen MR) is 113 cm³/mol.